The van der Waals surface area contributed by atoms with E-state index in [1.807, 2.05) is 26.8 Å². The highest BCUT2D eigenvalue weighted by molar-refractivity contribution is 5.80. The van der Waals surface area contributed by atoms with Crippen LogP contribution < -0.4 is 14.8 Å². The molecule has 0 saturated carbocycles. The molecule has 0 heterocycles. The molecule has 0 bridgehead atoms. The second kappa shape index (κ2) is 9.65. The summed E-state index contributed by atoms with van der Waals surface area (Å²) in [6, 6.07) is 7.05. The van der Waals surface area contributed by atoms with Gasteiger partial charge in [0.05, 0.1) is 6.61 Å². The Balaban J connectivity index is 2.33. The van der Waals surface area contributed by atoms with Crippen molar-refractivity contribution in [1.82, 2.24) is 5.32 Å². The number of esters is 1. The number of hydrogen-bond donors (Lipinski definition) is 1. The quantitative estimate of drug-likeness (QED) is 0.704. The molecule has 1 rings (SSSR count). The van der Waals surface area contributed by atoms with Gasteiger partial charge in [-0.15, -0.1) is 0 Å². The van der Waals surface area contributed by atoms with Crippen LogP contribution in [-0.4, -0.2) is 38.2 Å². The summed E-state index contributed by atoms with van der Waals surface area (Å²) >= 11 is 0. The standard InChI is InChI=1S/C16H23NO5/c1-4-20-13-7-5-6-8-14(13)21-11-16(19)22-10-15(18)17-9-12(2)3/h5-8,12H,4,9-11H2,1-3H3,(H,17,18). The number of para-hydroxylation sites is 2. The van der Waals surface area contributed by atoms with Crippen LogP contribution in [0.25, 0.3) is 0 Å². The molecule has 6 nitrogen and oxygen atoms in total. The first kappa shape index (κ1) is 17.8. The lowest BCUT2D eigenvalue weighted by Gasteiger charge is -2.11. The molecular formula is C16H23NO5. The SMILES string of the molecule is CCOc1ccccc1OCC(=O)OCC(=O)NCC(C)C. The molecule has 0 fully saturated rings. The maximum atomic E-state index is 11.6. The minimum atomic E-state index is -0.606. The van der Waals surface area contributed by atoms with Gasteiger partial charge in [-0.3, -0.25) is 4.79 Å². The van der Waals surface area contributed by atoms with Gasteiger partial charge in [0.1, 0.15) is 0 Å². The predicted octanol–water partition coefficient (Wildman–Crippen LogP) is 1.78. The monoisotopic (exact) mass is 309 g/mol. The van der Waals surface area contributed by atoms with E-state index in [9.17, 15) is 9.59 Å². The summed E-state index contributed by atoms with van der Waals surface area (Å²) in [5, 5.41) is 2.66. The average Bonchev–Trinajstić information content (AvgIpc) is 2.50. The van der Waals surface area contributed by atoms with Gasteiger partial charge in [0, 0.05) is 6.54 Å². The molecule has 0 saturated heterocycles. The molecule has 1 aromatic rings. The minimum Gasteiger partial charge on any atom is -0.490 e. The van der Waals surface area contributed by atoms with E-state index in [0.717, 1.165) is 0 Å². The summed E-state index contributed by atoms with van der Waals surface area (Å²) in [7, 11) is 0. The zero-order valence-electron chi connectivity index (χ0n) is 13.3. The Labute approximate surface area is 130 Å². The lowest BCUT2D eigenvalue weighted by atomic mass is 10.2. The van der Waals surface area contributed by atoms with Gasteiger partial charge in [-0.2, -0.15) is 0 Å². The molecule has 1 N–H and O–H groups in total. The Kier molecular flexibility index (Phi) is 7.81. The van der Waals surface area contributed by atoms with E-state index in [1.165, 1.54) is 0 Å². The van der Waals surface area contributed by atoms with Crippen LogP contribution in [0.4, 0.5) is 0 Å². The first-order valence-electron chi connectivity index (χ1n) is 7.29. The zero-order valence-corrected chi connectivity index (χ0v) is 13.3. The molecule has 22 heavy (non-hydrogen) atoms. The fourth-order valence-electron chi connectivity index (χ4n) is 1.54. The van der Waals surface area contributed by atoms with E-state index in [4.69, 9.17) is 14.2 Å². The van der Waals surface area contributed by atoms with Crippen molar-refractivity contribution in [3.05, 3.63) is 24.3 Å². The van der Waals surface area contributed by atoms with Crippen LogP contribution in [0.2, 0.25) is 0 Å². The average molecular weight is 309 g/mol. The summed E-state index contributed by atoms with van der Waals surface area (Å²) in [6.07, 6.45) is 0. The van der Waals surface area contributed by atoms with Crippen molar-refractivity contribution in [2.24, 2.45) is 5.92 Å². The van der Waals surface area contributed by atoms with Gasteiger partial charge in [-0.1, -0.05) is 26.0 Å². The number of carbonyl (C=O) groups excluding carboxylic acids is 2. The van der Waals surface area contributed by atoms with Crippen LogP contribution in [0.5, 0.6) is 11.5 Å². The summed E-state index contributed by atoms with van der Waals surface area (Å²) in [4.78, 5) is 23.0. The van der Waals surface area contributed by atoms with Crippen LogP contribution in [0, 0.1) is 5.92 Å². The summed E-state index contributed by atoms with van der Waals surface area (Å²) in [5.74, 6) is 0.443. The van der Waals surface area contributed by atoms with Crippen molar-refractivity contribution in [3.63, 3.8) is 0 Å². The first-order chi connectivity index (χ1) is 10.5. The van der Waals surface area contributed by atoms with Crippen molar-refractivity contribution >= 4 is 11.9 Å². The highest BCUT2D eigenvalue weighted by Crippen LogP contribution is 2.26. The highest BCUT2D eigenvalue weighted by Gasteiger charge is 2.10. The Morgan fingerprint density at radius 2 is 1.73 bits per heavy atom. The van der Waals surface area contributed by atoms with E-state index >= 15 is 0 Å². The smallest absolute Gasteiger partial charge is 0.344 e. The molecule has 1 aromatic carbocycles. The molecule has 1 amide bonds. The number of carbonyl (C=O) groups is 2. The van der Waals surface area contributed by atoms with Gasteiger partial charge in [-0.25, -0.2) is 4.79 Å². The van der Waals surface area contributed by atoms with E-state index in [-0.39, 0.29) is 19.1 Å². The van der Waals surface area contributed by atoms with Crippen LogP contribution in [0.3, 0.4) is 0 Å². The molecular weight excluding hydrogens is 286 g/mol. The van der Waals surface area contributed by atoms with Crippen molar-refractivity contribution in [1.29, 1.82) is 0 Å². The number of hydrogen-bond acceptors (Lipinski definition) is 5. The predicted molar refractivity (Wildman–Crippen MR) is 81.9 cm³/mol. The molecule has 0 unspecified atom stereocenters. The molecule has 0 aromatic heterocycles. The van der Waals surface area contributed by atoms with Gasteiger partial charge < -0.3 is 19.5 Å². The molecule has 0 aliphatic rings. The third-order valence-electron chi connectivity index (χ3n) is 2.57. The number of ether oxygens (including phenoxy) is 3. The molecule has 6 heteroatoms. The van der Waals surface area contributed by atoms with E-state index in [0.29, 0.717) is 30.6 Å². The molecule has 0 atom stereocenters. The lowest BCUT2D eigenvalue weighted by molar-refractivity contribution is -0.150. The van der Waals surface area contributed by atoms with Crippen LogP contribution in [0.15, 0.2) is 24.3 Å². The van der Waals surface area contributed by atoms with Crippen molar-refractivity contribution in [2.45, 2.75) is 20.8 Å². The van der Waals surface area contributed by atoms with Gasteiger partial charge in [0.25, 0.3) is 5.91 Å². The zero-order chi connectivity index (χ0) is 16.4. The van der Waals surface area contributed by atoms with Crippen LogP contribution in [-0.2, 0) is 14.3 Å². The largest absolute Gasteiger partial charge is 0.490 e. The normalized spacial score (nSPS) is 10.2. The Morgan fingerprint density at radius 3 is 2.32 bits per heavy atom. The minimum absolute atomic E-state index is 0.276. The van der Waals surface area contributed by atoms with Crippen LogP contribution >= 0.6 is 0 Å². The highest BCUT2D eigenvalue weighted by atomic mass is 16.6. The molecule has 0 aliphatic carbocycles. The molecule has 122 valence electrons. The summed E-state index contributed by atoms with van der Waals surface area (Å²) < 4.78 is 15.6. The van der Waals surface area contributed by atoms with Crippen LogP contribution in [0.1, 0.15) is 20.8 Å². The summed E-state index contributed by atoms with van der Waals surface area (Å²) in [6.45, 7) is 6.30. The second-order valence-corrected chi connectivity index (χ2v) is 5.03. The van der Waals surface area contributed by atoms with Crippen molar-refractivity contribution < 1.29 is 23.8 Å². The first-order valence-corrected chi connectivity index (χ1v) is 7.29. The van der Waals surface area contributed by atoms with Crippen molar-refractivity contribution in [3.8, 4) is 11.5 Å². The number of amides is 1. The maximum absolute atomic E-state index is 11.6. The molecule has 0 spiro atoms. The third-order valence-corrected chi connectivity index (χ3v) is 2.57. The number of nitrogens with one attached hydrogen (secondary N) is 1. The Hall–Kier alpha value is -2.24. The molecule has 0 radical (unpaired) electrons. The second-order valence-electron chi connectivity index (χ2n) is 5.03. The summed E-state index contributed by atoms with van der Waals surface area (Å²) in [5.41, 5.74) is 0. The number of benzene rings is 1. The van der Waals surface area contributed by atoms with Gasteiger partial charge >= 0.3 is 5.97 Å². The fraction of sp³-hybridized carbons (Fsp3) is 0.500. The van der Waals surface area contributed by atoms with Gasteiger partial charge in [0.2, 0.25) is 0 Å². The Bertz CT molecular complexity index is 487. The third kappa shape index (κ3) is 6.97. The van der Waals surface area contributed by atoms with E-state index < -0.39 is 5.97 Å². The van der Waals surface area contributed by atoms with Gasteiger partial charge in [-0.05, 0) is 25.0 Å². The fourth-order valence-corrected chi connectivity index (χ4v) is 1.54. The molecule has 0 aliphatic heterocycles. The topological polar surface area (TPSA) is 73.9 Å². The Morgan fingerprint density at radius 1 is 1.09 bits per heavy atom. The lowest BCUT2D eigenvalue weighted by Crippen LogP contribution is -2.32. The van der Waals surface area contributed by atoms with E-state index in [1.54, 1.807) is 18.2 Å². The number of rotatable bonds is 9. The van der Waals surface area contributed by atoms with Gasteiger partial charge in [0.15, 0.2) is 24.7 Å². The van der Waals surface area contributed by atoms with Crippen molar-refractivity contribution in [2.75, 3.05) is 26.4 Å². The van der Waals surface area contributed by atoms with E-state index in [2.05, 4.69) is 5.32 Å². The maximum Gasteiger partial charge on any atom is 0.344 e.